The maximum atomic E-state index is 5.66. The molecule has 1 aliphatic heterocycles. The van der Waals surface area contributed by atoms with Gasteiger partial charge in [-0.25, -0.2) is 0 Å². The van der Waals surface area contributed by atoms with Crippen molar-refractivity contribution in [2.75, 3.05) is 20.8 Å². The molecule has 0 spiro atoms. The Bertz CT molecular complexity index is 184. The molecule has 0 aromatic heterocycles. The van der Waals surface area contributed by atoms with Gasteiger partial charge in [-0.1, -0.05) is 0 Å². The summed E-state index contributed by atoms with van der Waals surface area (Å²) >= 11 is 0. The molecule has 1 heterocycles. The van der Waals surface area contributed by atoms with Crippen molar-refractivity contribution >= 4 is 0 Å². The molecule has 0 aromatic rings. The lowest BCUT2D eigenvalue weighted by atomic mass is 10.1. The molecule has 0 N–H and O–H groups in total. The Morgan fingerprint density at radius 2 is 1.69 bits per heavy atom. The van der Waals surface area contributed by atoms with Crippen molar-refractivity contribution in [1.82, 2.24) is 0 Å². The molecular formula is C9H18O4. The zero-order valence-corrected chi connectivity index (χ0v) is 8.92. The van der Waals surface area contributed by atoms with Crippen molar-refractivity contribution in [1.29, 1.82) is 0 Å². The van der Waals surface area contributed by atoms with E-state index in [0.29, 0.717) is 6.61 Å². The minimum absolute atomic E-state index is 0.0215. The van der Waals surface area contributed by atoms with Crippen LogP contribution in [0.15, 0.2) is 0 Å². The monoisotopic (exact) mass is 190 g/mol. The van der Waals surface area contributed by atoms with E-state index in [1.165, 1.54) is 0 Å². The summed E-state index contributed by atoms with van der Waals surface area (Å²) in [5.41, 5.74) is 0. The van der Waals surface area contributed by atoms with Gasteiger partial charge < -0.3 is 18.9 Å². The van der Waals surface area contributed by atoms with E-state index in [-0.39, 0.29) is 6.10 Å². The molecule has 78 valence electrons. The van der Waals surface area contributed by atoms with Crippen LogP contribution >= 0.6 is 0 Å². The lowest BCUT2D eigenvalue weighted by Crippen LogP contribution is -2.61. The molecule has 0 unspecified atom stereocenters. The van der Waals surface area contributed by atoms with Gasteiger partial charge >= 0.3 is 0 Å². The predicted octanol–water partition coefficient (Wildman–Crippen LogP) is 1.15. The molecule has 3 atom stereocenters. The van der Waals surface area contributed by atoms with Gasteiger partial charge in [0, 0.05) is 14.2 Å². The Morgan fingerprint density at radius 3 is 2.15 bits per heavy atom. The zero-order valence-electron chi connectivity index (χ0n) is 8.92. The molecule has 0 aliphatic carbocycles. The number of hydrogen-bond donors (Lipinski definition) is 0. The molecule has 0 amide bonds. The fourth-order valence-electron chi connectivity index (χ4n) is 1.41. The zero-order chi connectivity index (χ0) is 10.1. The molecule has 1 aliphatic rings. The maximum absolute atomic E-state index is 5.66. The van der Waals surface area contributed by atoms with E-state index in [0.717, 1.165) is 0 Å². The van der Waals surface area contributed by atoms with Crippen molar-refractivity contribution < 1.29 is 18.9 Å². The lowest BCUT2D eigenvalue weighted by Gasteiger charge is -2.48. The van der Waals surface area contributed by atoms with E-state index >= 15 is 0 Å². The first-order valence-electron chi connectivity index (χ1n) is 4.39. The fraction of sp³-hybridized carbons (Fsp3) is 1.00. The third-order valence-corrected chi connectivity index (χ3v) is 2.62. The first-order valence-corrected chi connectivity index (χ1v) is 4.39. The fourth-order valence-corrected chi connectivity index (χ4v) is 1.41. The van der Waals surface area contributed by atoms with Crippen molar-refractivity contribution in [3.8, 4) is 0 Å². The lowest BCUT2D eigenvalue weighted by molar-refractivity contribution is -0.429. The second-order valence-corrected chi connectivity index (χ2v) is 3.54. The number of methoxy groups -OCH3 is 2. The van der Waals surface area contributed by atoms with Crippen molar-refractivity contribution in [2.45, 2.75) is 38.4 Å². The standard InChI is InChI=1S/C9H18O4/c1-7-6-12-8(2,10-4)9(3,11-5)13-7/h7H,6H2,1-5H3/t7-,8+,9+/m0/s1. The summed E-state index contributed by atoms with van der Waals surface area (Å²) in [6.45, 7) is 6.07. The van der Waals surface area contributed by atoms with Crippen LogP contribution in [0.1, 0.15) is 20.8 Å². The summed E-state index contributed by atoms with van der Waals surface area (Å²) in [6, 6.07) is 0. The van der Waals surface area contributed by atoms with E-state index in [4.69, 9.17) is 18.9 Å². The minimum Gasteiger partial charge on any atom is -0.349 e. The third-order valence-electron chi connectivity index (χ3n) is 2.62. The highest BCUT2D eigenvalue weighted by molar-refractivity contribution is 4.85. The molecular weight excluding hydrogens is 172 g/mol. The Kier molecular flexibility index (Phi) is 2.97. The van der Waals surface area contributed by atoms with Gasteiger partial charge in [0.2, 0.25) is 11.6 Å². The molecule has 13 heavy (non-hydrogen) atoms. The van der Waals surface area contributed by atoms with Gasteiger partial charge in [-0.05, 0) is 20.8 Å². The van der Waals surface area contributed by atoms with Crippen LogP contribution in [-0.4, -0.2) is 38.5 Å². The second kappa shape index (κ2) is 3.53. The summed E-state index contributed by atoms with van der Waals surface area (Å²) in [7, 11) is 3.16. The van der Waals surface area contributed by atoms with E-state index in [1.807, 2.05) is 20.8 Å². The Labute approximate surface area is 79.1 Å². The van der Waals surface area contributed by atoms with E-state index in [1.54, 1.807) is 14.2 Å². The molecule has 0 aromatic carbocycles. The van der Waals surface area contributed by atoms with E-state index < -0.39 is 11.6 Å². The van der Waals surface area contributed by atoms with Crippen molar-refractivity contribution in [3.63, 3.8) is 0 Å². The smallest absolute Gasteiger partial charge is 0.220 e. The van der Waals surface area contributed by atoms with Crippen LogP contribution in [0.25, 0.3) is 0 Å². The summed E-state index contributed by atoms with van der Waals surface area (Å²) in [5.74, 6) is -1.69. The number of hydrogen-bond acceptors (Lipinski definition) is 4. The van der Waals surface area contributed by atoms with Crippen LogP contribution in [-0.2, 0) is 18.9 Å². The summed E-state index contributed by atoms with van der Waals surface area (Å²) in [6.07, 6.45) is 0.0215. The van der Waals surface area contributed by atoms with Gasteiger partial charge in [-0.3, -0.25) is 0 Å². The van der Waals surface area contributed by atoms with Crippen LogP contribution in [0.3, 0.4) is 0 Å². The first kappa shape index (κ1) is 10.9. The molecule has 0 saturated carbocycles. The van der Waals surface area contributed by atoms with Crippen molar-refractivity contribution in [3.05, 3.63) is 0 Å². The van der Waals surface area contributed by atoms with E-state index in [9.17, 15) is 0 Å². The predicted molar refractivity (Wildman–Crippen MR) is 47.3 cm³/mol. The minimum atomic E-state index is -0.848. The molecule has 1 saturated heterocycles. The number of ether oxygens (including phenoxy) is 4. The topological polar surface area (TPSA) is 36.9 Å². The van der Waals surface area contributed by atoms with Gasteiger partial charge in [-0.15, -0.1) is 0 Å². The van der Waals surface area contributed by atoms with Gasteiger partial charge in [0.25, 0.3) is 0 Å². The highest BCUT2D eigenvalue weighted by atomic mass is 16.8. The van der Waals surface area contributed by atoms with Crippen LogP contribution < -0.4 is 0 Å². The van der Waals surface area contributed by atoms with E-state index in [2.05, 4.69) is 0 Å². The van der Waals surface area contributed by atoms with Gasteiger partial charge in [0.05, 0.1) is 12.7 Å². The average molecular weight is 190 g/mol. The van der Waals surface area contributed by atoms with Crippen molar-refractivity contribution in [2.24, 2.45) is 0 Å². The summed E-state index contributed by atoms with van der Waals surface area (Å²) in [4.78, 5) is 0. The highest BCUT2D eigenvalue weighted by Crippen LogP contribution is 2.36. The normalized spacial score (nSPS) is 46.4. The van der Waals surface area contributed by atoms with Crippen LogP contribution in [0.5, 0.6) is 0 Å². The Morgan fingerprint density at radius 1 is 1.15 bits per heavy atom. The summed E-state index contributed by atoms with van der Waals surface area (Å²) < 4.78 is 21.8. The molecule has 1 rings (SSSR count). The summed E-state index contributed by atoms with van der Waals surface area (Å²) in [5, 5.41) is 0. The van der Waals surface area contributed by atoms with Crippen LogP contribution in [0.4, 0.5) is 0 Å². The first-order chi connectivity index (χ1) is 5.97. The molecule has 4 heteroatoms. The maximum Gasteiger partial charge on any atom is 0.220 e. The second-order valence-electron chi connectivity index (χ2n) is 3.54. The molecule has 0 radical (unpaired) electrons. The Balaban J connectivity index is 2.84. The largest absolute Gasteiger partial charge is 0.349 e. The van der Waals surface area contributed by atoms with Crippen LogP contribution in [0, 0.1) is 0 Å². The molecule has 0 bridgehead atoms. The average Bonchev–Trinajstić information content (AvgIpc) is 2.12. The molecule has 1 fully saturated rings. The number of rotatable bonds is 2. The highest BCUT2D eigenvalue weighted by Gasteiger charge is 2.52. The van der Waals surface area contributed by atoms with Gasteiger partial charge in [0.15, 0.2) is 0 Å². The van der Waals surface area contributed by atoms with Gasteiger partial charge in [-0.2, -0.15) is 0 Å². The van der Waals surface area contributed by atoms with Gasteiger partial charge in [0.1, 0.15) is 0 Å². The Hall–Kier alpha value is -0.160. The quantitative estimate of drug-likeness (QED) is 0.654. The SMILES string of the molecule is CO[C@]1(C)OC[C@H](C)O[C@@]1(C)OC. The third kappa shape index (κ3) is 1.72. The van der Waals surface area contributed by atoms with Crippen LogP contribution in [0.2, 0.25) is 0 Å². The molecule has 4 nitrogen and oxygen atoms in total.